The van der Waals surface area contributed by atoms with Gasteiger partial charge in [-0.15, -0.1) is 0 Å². The molecule has 31 heavy (non-hydrogen) atoms. The van der Waals surface area contributed by atoms with Gasteiger partial charge in [-0.3, -0.25) is 9.10 Å². The standard InChI is InChI=1S/C22H30N2O6S/c1-16(20-15-19(29-3)11-12-21(20)30-4)23-22(25)10-7-13-24(31(5,26)27)17-8-6-9-18(14-17)28-2/h6,8-9,11-12,14-16H,7,10,13H2,1-5H3,(H,23,25). The Morgan fingerprint density at radius 2 is 1.71 bits per heavy atom. The molecule has 0 heterocycles. The molecule has 8 nitrogen and oxygen atoms in total. The van der Waals surface area contributed by atoms with E-state index in [4.69, 9.17) is 14.2 Å². The number of benzene rings is 2. The molecule has 0 aromatic heterocycles. The summed E-state index contributed by atoms with van der Waals surface area (Å²) in [5, 5.41) is 2.93. The zero-order chi connectivity index (χ0) is 23.0. The van der Waals surface area contributed by atoms with Crippen molar-refractivity contribution < 1.29 is 27.4 Å². The predicted octanol–water partition coefficient (Wildman–Crippen LogP) is 3.14. The smallest absolute Gasteiger partial charge is 0.232 e. The van der Waals surface area contributed by atoms with Crippen molar-refractivity contribution in [2.75, 3.05) is 38.4 Å². The monoisotopic (exact) mass is 450 g/mol. The summed E-state index contributed by atoms with van der Waals surface area (Å²) in [6.07, 6.45) is 1.67. The highest BCUT2D eigenvalue weighted by Gasteiger charge is 2.19. The van der Waals surface area contributed by atoms with Gasteiger partial charge in [-0.2, -0.15) is 0 Å². The second kappa shape index (κ2) is 10.9. The first-order chi connectivity index (χ1) is 14.7. The summed E-state index contributed by atoms with van der Waals surface area (Å²) < 4.78 is 41.6. The van der Waals surface area contributed by atoms with Crippen LogP contribution in [0.25, 0.3) is 0 Å². The quantitative estimate of drug-likeness (QED) is 0.565. The fourth-order valence-corrected chi connectivity index (χ4v) is 4.16. The number of methoxy groups -OCH3 is 3. The van der Waals surface area contributed by atoms with E-state index in [-0.39, 0.29) is 24.9 Å². The predicted molar refractivity (Wildman–Crippen MR) is 121 cm³/mol. The molecule has 0 saturated heterocycles. The number of nitrogens with one attached hydrogen (secondary N) is 1. The molecule has 0 radical (unpaired) electrons. The number of carbonyl (C=O) groups excluding carboxylic acids is 1. The number of ether oxygens (including phenoxy) is 3. The molecule has 170 valence electrons. The Labute approximate surface area is 184 Å². The van der Waals surface area contributed by atoms with E-state index < -0.39 is 10.0 Å². The topological polar surface area (TPSA) is 94.2 Å². The molecule has 2 aromatic rings. The largest absolute Gasteiger partial charge is 0.497 e. The Morgan fingerprint density at radius 1 is 1.03 bits per heavy atom. The van der Waals surface area contributed by atoms with Crippen molar-refractivity contribution in [1.29, 1.82) is 0 Å². The highest BCUT2D eigenvalue weighted by Crippen LogP contribution is 2.29. The van der Waals surface area contributed by atoms with Gasteiger partial charge in [0.25, 0.3) is 0 Å². The maximum absolute atomic E-state index is 12.5. The molecular formula is C22H30N2O6S. The van der Waals surface area contributed by atoms with Crippen LogP contribution in [0.3, 0.4) is 0 Å². The number of nitrogens with zero attached hydrogens (tertiary/aromatic N) is 1. The van der Waals surface area contributed by atoms with Gasteiger partial charge in [-0.05, 0) is 43.7 Å². The molecule has 0 saturated carbocycles. The van der Waals surface area contributed by atoms with Gasteiger partial charge in [0.2, 0.25) is 15.9 Å². The fraction of sp³-hybridized carbons (Fsp3) is 0.409. The molecule has 2 rings (SSSR count). The molecule has 0 aliphatic carbocycles. The van der Waals surface area contributed by atoms with E-state index in [9.17, 15) is 13.2 Å². The molecule has 0 aliphatic heterocycles. The van der Waals surface area contributed by atoms with E-state index in [1.165, 1.54) is 11.4 Å². The Balaban J connectivity index is 2.01. The average molecular weight is 451 g/mol. The van der Waals surface area contributed by atoms with Gasteiger partial charge in [-0.1, -0.05) is 6.07 Å². The van der Waals surface area contributed by atoms with E-state index in [1.807, 2.05) is 13.0 Å². The van der Waals surface area contributed by atoms with Crippen molar-refractivity contribution >= 4 is 21.6 Å². The first kappa shape index (κ1) is 24.3. The van der Waals surface area contributed by atoms with Crippen LogP contribution in [0, 0.1) is 0 Å². The van der Waals surface area contributed by atoms with Crippen LogP contribution in [0.4, 0.5) is 5.69 Å². The number of amides is 1. The first-order valence-electron chi connectivity index (χ1n) is 9.82. The van der Waals surface area contributed by atoms with Crippen LogP contribution in [0.15, 0.2) is 42.5 Å². The zero-order valence-electron chi connectivity index (χ0n) is 18.5. The van der Waals surface area contributed by atoms with E-state index >= 15 is 0 Å². The van der Waals surface area contributed by atoms with Crippen molar-refractivity contribution in [2.45, 2.75) is 25.8 Å². The third-order valence-corrected chi connectivity index (χ3v) is 5.98. The summed E-state index contributed by atoms with van der Waals surface area (Å²) in [5.74, 6) is 1.69. The van der Waals surface area contributed by atoms with Gasteiger partial charge in [0.1, 0.15) is 17.2 Å². The SMILES string of the molecule is COc1cccc(N(CCCC(=O)NC(C)c2cc(OC)ccc2OC)S(C)(=O)=O)c1. The van der Waals surface area contributed by atoms with Gasteiger partial charge in [0, 0.05) is 24.6 Å². The lowest BCUT2D eigenvalue weighted by atomic mass is 10.1. The third-order valence-electron chi connectivity index (χ3n) is 4.79. The number of anilines is 1. The summed E-state index contributed by atoms with van der Waals surface area (Å²) in [6.45, 7) is 2.03. The van der Waals surface area contributed by atoms with E-state index in [0.29, 0.717) is 29.4 Å². The third kappa shape index (κ3) is 6.78. The minimum absolute atomic E-state index is 0.173. The van der Waals surface area contributed by atoms with Crippen LogP contribution in [-0.4, -0.2) is 48.5 Å². The van der Waals surface area contributed by atoms with E-state index in [1.54, 1.807) is 50.6 Å². The van der Waals surface area contributed by atoms with Gasteiger partial charge >= 0.3 is 0 Å². The van der Waals surface area contributed by atoms with E-state index in [0.717, 1.165) is 11.8 Å². The van der Waals surface area contributed by atoms with Crippen molar-refractivity contribution in [2.24, 2.45) is 0 Å². The van der Waals surface area contributed by atoms with Gasteiger partial charge in [0.15, 0.2) is 0 Å². The Bertz CT molecular complexity index is 993. The molecule has 1 amide bonds. The number of sulfonamides is 1. The molecule has 1 unspecified atom stereocenters. The number of hydrogen-bond donors (Lipinski definition) is 1. The van der Waals surface area contributed by atoms with E-state index in [2.05, 4.69) is 5.32 Å². The minimum atomic E-state index is -3.51. The number of carbonyl (C=O) groups is 1. The van der Waals surface area contributed by atoms with Crippen molar-refractivity contribution in [3.8, 4) is 17.2 Å². The molecule has 0 bridgehead atoms. The molecule has 0 aliphatic rings. The van der Waals surface area contributed by atoms with Crippen molar-refractivity contribution in [1.82, 2.24) is 5.32 Å². The normalized spacial score (nSPS) is 12.0. The highest BCUT2D eigenvalue weighted by molar-refractivity contribution is 7.92. The van der Waals surface area contributed by atoms with Gasteiger partial charge < -0.3 is 19.5 Å². The maximum Gasteiger partial charge on any atom is 0.232 e. The molecule has 9 heteroatoms. The zero-order valence-corrected chi connectivity index (χ0v) is 19.4. The van der Waals surface area contributed by atoms with Crippen molar-refractivity contribution in [3.63, 3.8) is 0 Å². The lowest BCUT2D eigenvalue weighted by Gasteiger charge is -2.23. The van der Waals surface area contributed by atoms with Crippen LogP contribution in [0.1, 0.15) is 31.4 Å². The molecule has 1 atom stereocenters. The lowest BCUT2D eigenvalue weighted by Crippen LogP contribution is -2.32. The Morgan fingerprint density at radius 3 is 2.32 bits per heavy atom. The summed E-state index contributed by atoms with van der Waals surface area (Å²) in [7, 11) is 1.15. The molecule has 2 aromatic carbocycles. The lowest BCUT2D eigenvalue weighted by molar-refractivity contribution is -0.121. The van der Waals surface area contributed by atoms with Crippen LogP contribution in [-0.2, 0) is 14.8 Å². The van der Waals surface area contributed by atoms with Crippen LogP contribution < -0.4 is 23.8 Å². The second-order valence-electron chi connectivity index (χ2n) is 7.04. The Hall–Kier alpha value is -2.94. The van der Waals surface area contributed by atoms with Gasteiger partial charge in [0.05, 0.1) is 39.3 Å². The maximum atomic E-state index is 12.5. The average Bonchev–Trinajstić information content (AvgIpc) is 2.75. The first-order valence-corrected chi connectivity index (χ1v) is 11.7. The minimum Gasteiger partial charge on any atom is -0.497 e. The van der Waals surface area contributed by atoms with Crippen molar-refractivity contribution in [3.05, 3.63) is 48.0 Å². The number of rotatable bonds is 11. The van der Waals surface area contributed by atoms with Crippen LogP contribution >= 0.6 is 0 Å². The summed E-state index contributed by atoms with van der Waals surface area (Å²) in [4.78, 5) is 12.5. The summed E-state index contributed by atoms with van der Waals surface area (Å²) in [6, 6.07) is 11.9. The fourth-order valence-electron chi connectivity index (χ4n) is 3.20. The highest BCUT2D eigenvalue weighted by atomic mass is 32.2. The molecular weight excluding hydrogens is 420 g/mol. The Kier molecular flexibility index (Phi) is 8.56. The summed E-state index contributed by atoms with van der Waals surface area (Å²) >= 11 is 0. The second-order valence-corrected chi connectivity index (χ2v) is 8.94. The molecule has 0 fully saturated rings. The molecule has 1 N–H and O–H groups in total. The summed E-state index contributed by atoms with van der Waals surface area (Å²) in [5.41, 5.74) is 1.29. The molecule has 0 spiro atoms. The van der Waals surface area contributed by atoms with Crippen LogP contribution in [0.2, 0.25) is 0 Å². The van der Waals surface area contributed by atoms with Crippen LogP contribution in [0.5, 0.6) is 17.2 Å². The number of hydrogen-bond acceptors (Lipinski definition) is 6. The van der Waals surface area contributed by atoms with Gasteiger partial charge in [-0.25, -0.2) is 8.42 Å².